The van der Waals surface area contributed by atoms with Crippen LogP contribution in [0.4, 0.5) is 0 Å². The minimum Gasteiger partial charge on any atom is -0.388 e. The van der Waals surface area contributed by atoms with Crippen molar-refractivity contribution in [3.63, 3.8) is 0 Å². The number of hydrogen-bond donors (Lipinski definition) is 2. The number of nitrogens with one attached hydrogen (secondary N) is 1. The fraction of sp³-hybridized carbons (Fsp3) is 0.387. The van der Waals surface area contributed by atoms with Crippen LogP contribution < -0.4 is 10.9 Å². The predicted molar refractivity (Wildman–Crippen MR) is 163 cm³/mol. The number of morpholine rings is 1. The van der Waals surface area contributed by atoms with E-state index in [0.29, 0.717) is 59.3 Å². The van der Waals surface area contributed by atoms with Crippen molar-refractivity contribution < 1.29 is 14.6 Å². The van der Waals surface area contributed by atoms with Crippen molar-refractivity contribution in [2.75, 3.05) is 26.2 Å². The molecule has 0 saturated carbocycles. The zero-order chi connectivity index (χ0) is 29.6. The van der Waals surface area contributed by atoms with Gasteiger partial charge in [-0.3, -0.25) is 18.7 Å². The third-order valence-electron chi connectivity index (χ3n) is 8.36. The summed E-state index contributed by atoms with van der Waals surface area (Å²) in [5, 5.41) is 16.2. The van der Waals surface area contributed by atoms with Crippen molar-refractivity contribution in [1.29, 1.82) is 0 Å². The van der Waals surface area contributed by atoms with Gasteiger partial charge in [-0.05, 0) is 80.3 Å². The van der Waals surface area contributed by atoms with E-state index in [1.54, 1.807) is 39.8 Å². The standard InChI is InChI=1S/C31H33Cl2N5O4/c1-19-13-23(7-8-24(19)26-16-42-20(2)15-34-26)38-27(33)14-25-28(38)35-18-37(30(25)40)17-31(41)9-11-36(12-10-31)29(39)21-3-5-22(32)6-4-21/h3-8,13-14,18,20,26,34,41H,9-12,15-17H2,1-2H3/t20-,26-/m0/s1. The minimum absolute atomic E-state index is 0.0728. The molecule has 6 rings (SSSR count). The molecule has 4 aromatic rings. The van der Waals surface area contributed by atoms with Crippen molar-refractivity contribution in [2.45, 2.75) is 51.0 Å². The fourth-order valence-electron chi connectivity index (χ4n) is 5.90. The Bertz CT molecular complexity index is 1680. The lowest BCUT2D eigenvalue weighted by molar-refractivity contribution is -0.0299. The van der Waals surface area contributed by atoms with Crippen LogP contribution in [-0.4, -0.2) is 68.0 Å². The molecule has 2 aromatic carbocycles. The zero-order valence-corrected chi connectivity index (χ0v) is 25.0. The molecule has 9 nitrogen and oxygen atoms in total. The van der Waals surface area contributed by atoms with Gasteiger partial charge in [-0.15, -0.1) is 0 Å². The molecule has 11 heteroatoms. The molecule has 2 fully saturated rings. The van der Waals surface area contributed by atoms with Crippen molar-refractivity contribution in [3.8, 4) is 5.69 Å². The molecule has 4 heterocycles. The van der Waals surface area contributed by atoms with Crippen LogP contribution in [0.15, 0.2) is 59.7 Å². The monoisotopic (exact) mass is 609 g/mol. The number of rotatable bonds is 5. The Hall–Kier alpha value is -3.21. The van der Waals surface area contributed by atoms with E-state index < -0.39 is 5.60 Å². The predicted octanol–water partition coefficient (Wildman–Crippen LogP) is 4.52. The molecule has 2 aliphatic rings. The Balaban J connectivity index is 1.19. The first-order valence-electron chi connectivity index (χ1n) is 14.1. The number of fused-ring (bicyclic) bond motifs is 1. The van der Waals surface area contributed by atoms with Gasteiger partial charge >= 0.3 is 0 Å². The first kappa shape index (κ1) is 28.9. The molecule has 0 aliphatic carbocycles. The van der Waals surface area contributed by atoms with E-state index in [2.05, 4.69) is 23.3 Å². The Kier molecular flexibility index (Phi) is 7.89. The number of piperidine rings is 1. The highest BCUT2D eigenvalue weighted by atomic mass is 35.5. The number of likely N-dealkylation sites (tertiary alicyclic amines) is 1. The van der Waals surface area contributed by atoms with Crippen LogP contribution in [0, 0.1) is 6.92 Å². The number of benzene rings is 2. The highest BCUT2D eigenvalue weighted by molar-refractivity contribution is 6.31. The molecule has 0 bridgehead atoms. The van der Waals surface area contributed by atoms with E-state index in [9.17, 15) is 14.7 Å². The van der Waals surface area contributed by atoms with Gasteiger partial charge in [-0.25, -0.2) is 4.98 Å². The van der Waals surface area contributed by atoms with E-state index >= 15 is 0 Å². The molecule has 220 valence electrons. The summed E-state index contributed by atoms with van der Waals surface area (Å²) >= 11 is 12.6. The summed E-state index contributed by atoms with van der Waals surface area (Å²) in [6.45, 7) is 6.33. The first-order chi connectivity index (χ1) is 20.1. The second-order valence-corrected chi connectivity index (χ2v) is 12.2. The van der Waals surface area contributed by atoms with E-state index in [1.807, 2.05) is 19.1 Å². The molecule has 1 amide bonds. The van der Waals surface area contributed by atoms with Gasteiger partial charge in [-0.1, -0.05) is 29.3 Å². The summed E-state index contributed by atoms with van der Waals surface area (Å²) < 4.78 is 9.03. The number of aryl methyl sites for hydroxylation is 1. The van der Waals surface area contributed by atoms with E-state index in [1.165, 1.54) is 10.9 Å². The van der Waals surface area contributed by atoms with Gasteiger partial charge in [0, 0.05) is 35.9 Å². The molecule has 42 heavy (non-hydrogen) atoms. The Labute approximate surface area is 253 Å². The van der Waals surface area contributed by atoms with Crippen molar-refractivity contribution >= 4 is 40.1 Å². The minimum atomic E-state index is -1.15. The number of carbonyl (C=O) groups excluding carboxylic acids is 1. The summed E-state index contributed by atoms with van der Waals surface area (Å²) in [4.78, 5) is 32.7. The molecule has 2 N–H and O–H groups in total. The second kappa shape index (κ2) is 11.5. The topological polar surface area (TPSA) is 102 Å². The number of aromatic nitrogens is 3. The summed E-state index contributed by atoms with van der Waals surface area (Å²) in [5.41, 5.74) is 2.62. The average Bonchev–Trinajstić information content (AvgIpc) is 3.32. The zero-order valence-electron chi connectivity index (χ0n) is 23.5. The number of amides is 1. The second-order valence-electron chi connectivity index (χ2n) is 11.4. The number of nitrogens with zero attached hydrogens (tertiary/aromatic N) is 4. The van der Waals surface area contributed by atoms with Gasteiger partial charge in [0.1, 0.15) is 11.5 Å². The SMILES string of the molecule is Cc1cc(-n2c(Cl)cc3c(=O)n(CC4(O)CCN(C(=O)c5ccc(Cl)cc5)CC4)cnc32)ccc1[C@@H]1CO[C@@H](C)CN1. The van der Waals surface area contributed by atoms with Crippen LogP contribution in [0.5, 0.6) is 0 Å². The summed E-state index contributed by atoms with van der Waals surface area (Å²) in [7, 11) is 0. The molecule has 2 aromatic heterocycles. The van der Waals surface area contributed by atoms with Crippen LogP contribution in [0.3, 0.4) is 0 Å². The van der Waals surface area contributed by atoms with Crippen LogP contribution >= 0.6 is 23.2 Å². The Morgan fingerprint density at radius 2 is 1.88 bits per heavy atom. The summed E-state index contributed by atoms with van der Waals surface area (Å²) in [6.07, 6.45) is 2.33. The van der Waals surface area contributed by atoms with Crippen LogP contribution in [0.1, 0.15) is 47.3 Å². The number of hydrogen-bond acceptors (Lipinski definition) is 6. The molecule has 2 aliphatic heterocycles. The highest BCUT2D eigenvalue weighted by Crippen LogP contribution is 2.30. The maximum atomic E-state index is 13.5. The number of carbonyl (C=O) groups is 1. The van der Waals surface area contributed by atoms with Crippen LogP contribution in [0.25, 0.3) is 16.7 Å². The lowest BCUT2D eigenvalue weighted by Gasteiger charge is -2.38. The van der Waals surface area contributed by atoms with Gasteiger partial charge in [-0.2, -0.15) is 0 Å². The van der Waals surface area contributed by atoms with Gasteiger partial charge in [0.05, 0.1) is 36.3 Å². The lowest BCUT2D eigenvalue weighted by Crippen LogP contribution is -2.49. The highest BCUT2D eigenvalue weighted by Gasteiger charge is 2.35. The third-order valence-corrected chi connectivity index (χ3v) is 8.89. The number of ether oxygens (including phenoxy) is 1. The summed E-state index contributed by atoms with van der Waals surface area (Å²) in [6, 6.07) is 14.6. The molecule has 0 spiro atoms. The van der Waals surface area contributed by atoms with E-state index in [0.717, 1.165) is 23.4 Å². The van der Waals surface area contributed by atoms with Crippen molar-refractivity contribution in [1.82, 2.24) is 24.3 Å². The van der Waals surface area contributed by atoms with Crippen molar-refractivity contribution in [3.05, 3.63) is 92.1 Å². The molecule has 2 saturated heterocycles. The summed E-state index contributed by atoms with van der Waals surface area (Å²) in [5.74, 6) is -0.105. The van der Waals surface area contributed by atoms with Gasteiger partial charge in [0.2, 0.25) is 0 Å². The maximum absolute atomic E-state index is 13.5. The number of halogens is 2. The molecule has 0 unspecified atom stereocenters. The third kappa shape index (κ3) is 5.59. The quantitative estimate of drug-likeness (QED) is 0.345. The van der Waals surface area contributed by atoms with Gasteiger partial charge in [0.15, 0.2) is 5.65 Å². The lowest BCUT2D eigenvalue weighted by atomic mass is 9.91. The Morgan fingerprint density at radius 3 is 2.55 bits per heavy atom. The smallest absolute Gasteiger partial charge is 0.262 e. The maximum Gasteiger partial charge on any atom is 0.262 e. The molecular formula is C31H33Cl2N5O4. The number of aliphatic hydroxyl groups is 1. The molecule has 0 radical (unpaired) electrons. The first-order valence-corrected chi connectivity index (χ1v) is 14.9. The molecule has 2 atom stereocenters. The molecular weight excluding hydrogens is 577 g/mol. The van der Waals surface area contributed by atoms with Crippen LogP contribution in [-0.2, 0) is 11.3 Å². The Morgan fingerprint density at radius 1 is 1.14 bits per heavy atom. The average molecular weight is 611 g/mol. The van der Waals surface area contributed by atoms with E-state index in [4.69, 9.17) is 27.9 Å². The van der Waals surface area contributed by atoms with E-state index in [-0.39, 0.29) is 30.2 Å². The fourth-order valence-corrected chi connectivity index (χ4v) is 6.31. The van der Waals surface area contributed by atoms with Gasteiger partial charge in [0.25, 0.3) is 11.5 Å². The van der Waals surface area contributed by atoms with Gasteiger partial charge < -0.3 is 20.1 Å². The largest absolute Gasteiger partial charge is 0.388 e. The normalized spacial score (nSPS) is 20.6. The van der Waals surface area contributed by atoms with Crippen LogP contribution in [0.2, 0.25) is 10.2 Å². The van der Waals surface area contributed by atoms with Crippen molar-refractivity contribution in [2.24, 2.45) is 0 Å².